The number of Topliss-reactive ketones (excluding diaryl/α,β-unsaturated/α-hetero) is 1. The Morgan fingerprint density at radius 3 is 2.44 bits per heavy atom. The summed E-state index contributed by atoms with van der Waals surface area (Å²) in [6.45, 7) is 0. The fourth-order valence-electron chi connectivity index (χ4n) is 1.43. The fourth-order valence-corrected chi connectivity index (χ4v) is 1.43. The van der Waals surface area contributed by atoms with Crippen molar-refractivity contribution in [2.24, 2.45) is 11.5 Å². The van der Waals surface area contributed by atoms with Gasteiger partial charge < -0.3 is 16.6 Å². The number of rotatable bonds is 7. The molecule has 0 fully saturated rings. The quantitative estimate of drug-likeness (QED) is 0.561. The van der Waals surface area contributed by atoms with Crippen molar-refractivity contribution in [3.8, 4) is 0 Å². The summed E-state index contributed by atoms with van der Waals surface area (Å²) in [6.07, 6.45) is 5.37. The Labute approximate surface area is 104 Å². The second-order valence-electron chi connectivity index (χ2n) is 3.94. The third-order valence-corrected chi connectivity index (χ3v) is 2.50. The third kappa shape index (κ3) is 4.19. The lowest BCUT2D eigenvalue weighted by atomic mass is 10.0. The molecule has 0 amide bonds. The predicted octanol–water partition coefficient (Wildman–Crippen LogP) is -0.431. The van der Waals surface area contributed by atoms with Gasteiger partial charge in [-0.3, -0.25) is 14.6 Å². The number of aromatic nitrogens is 2. The van der Waals surface area contributed by atoms with E-state index in [0.29, 0.717) is 12.8 Å². The van der Waals surface area contributed by atoms with Crippen molar-refractivity contribution in [3.63, 3.8) is 0 Å². The van der Waals surface area contributed by atoms with Crippen molar-refractivity contribution in [2.45, 2.75) is 31.3 Å². The topological polar surface area (TPSA) is 132 Å². The molecule has 1 aromatic heterocycles. The summed E-state index contributed by atoms with van der Waals surface area (Å²) in [4.78, 5) is 29.9. The molecule has 5 N–H and O–H groups in total. The number of carbonyl (C=O) groups excluding carboxylic acids is 1. The number of carbonyl (C=O) groups is 2. The minimum atomic E-state index is -1.05. The molecule has 0 aliphatic carbocycles. The zero-order chi connectivity index (χ0) is 13.5. The highest BCUT2D eigenvalue weighted by Gasteiger charge is 2.18. The van der Waals surface area contributed by atoms with E-state index in [0.717, 1.165) is 0 Å². The van der Waals surface area contributed by atoms with Crippen molar-refractivity contribution in [2.75, 3.05) is 0 Å². The van der Waals surface area contributed by atoms with E-state index in [2.05, 4.69) is 9.97 Å². The highest BCUT2D eigenvalue weighted by molar-refractivity contribution is 5.97. The lowest BCUT2D eigenvalue weighted by Gasteiger charge is -2.10. The van der Waals surface area contributed by atoms with Crippen LogP contribution in [0.15, 0.2) is 18.6 Å². The number of carboxylic acids is 1. The molecule has 1 heterocycles. The van der Waals surface area contributed by atoms with Crippen LogP contribution in [-0.2, 0) is 4.79 Å². The van der Waals surface area contributed by atoms with Crippen LogP contribution in [0.2, 0.25) is 0 Å². The Morgan fingerprint density at radius 1 is 1.22 bits per heavy atom. The summed E-state index contributed by atoms with van der Waals surface area (Å²) in [7, 11) is 0. The molecular weight excluding hydrogens is 236 g/mol. The Balaban J connectivity index is 2.40. The standard InChI is InChI=1S/C11H16N4O3/c12-7(2-1-3-8(13)11(17)18)10(16)9-6-14-4-5-15-9/h4-8H,1-3,12-13H2,(H,17,18)/t7?,8-/m0/s1. The molecule has 1 aromatic rings. The summed E-state index contributed by atoms with van der Waals surface area (Å²) < 4.78 is 0. The van der Waals surface area contributed by atoms with Crippen molar-refractivity contribution >= 4 is 11.8 Å². The van der Waals surface area contributed by atoms with E-state index in [4.69, 9.17) is 16.6 Å². The lowest BCUT2D eigenvalue weighted by Crippen LogP contribution is -2.33. The van der Waals surface area contributed by atoms with E-state index >= 15 is 0 Å². The molecule has 0 saturated heterocycles. The van der Waals surface area contributed by atoms with Gasteiger partial charge in [-0.1, -0.05) is 0 Å². The van der Waals surface area contributed by atoms with E-state index < -0.39 is 18.1 Å². The Bertz CT molecular complexity index is 410. The van der Waals surface area contributed by atoms with E-state index in [9.17, 15) is 9.59 Å². The fraction of sp³-hybridized carbons (Fsp3) is 0.455. The van der Waals surface area contributed by atoms with Gasteiger partial charge in [0, 0.05) is 12.4 Å². The molecule has 0 aromatic carbocycles. The highest BCUT2D eigenvalue weighted by atomic mass is 16.4. The first-order valence-corrected chi connectivity index (χ1v) is 5.56. The van der Waals surface area contributed by atoms with Crippen LogP contribution >= 0.6 is 0 Å². The number of carboxylic acid groups (broad SMARTS) is 1. The summed E-state index contributed by atoms with van der Waals surface area (Å²) >= 11 is 0. The summed E-state index contributed by atoms with van der Waals surface area (Å²) in [5, 5.41) is 8.59. The minimum Gasteiger partial charge on any atom is -0.480 e. The Morgan fingerprint density at radius 2 is 1.89 bits per heavy atom. The molecule has 0 aliphatic heterocycles. The molecule has 0 saturated carbocycles. The molecule has 1 unspecified atom stereocenters. The van der Waals surface area contributed by atoms with E-state index in [1.54, 1.807) is 0 Å². The average molecular weight is 252 g/mol. The molecule has 7 heteroatoms. The Kier molecular flexibility index (Phi) is 5.34. The van der Waals surface area contributed by atoms with Gasteiger partial charge in [-0.25, -0.2) is 4.98 Å². The Hall–Kier alpha value is -1.86. The van der Waals surface area contributed by atoms with Crippen LogP contribution < -0.4 is 11.5 Å². The summed E-state index contributed by atoms with van der Waals surface area (Å²) in [5.41, 5.74) is 11.3. The monoisotopic (exact) mass is 252 g/mol. The van der Waals surface area contributed by atoms with Crippen LogP contribution in [0.1, 0.15) is 29.8 Å². The van der Waals surface area contributed by atoms with Crippen LogP contribution in [-0.4, -0.2) is 38.9 Å². The molecule has 2 atom stereocenters. The lowest BCUT2D eigenvalue weighted by molar-refractivity contribution is -0.138. The largest absolute Gasteiger partial charge is 0.480 e. The minimum absolute atomic E-state index is 0.215. The molecule has 0 spiro atoms. The second kappa shape index (κ2) is 6.77. The highest BCUT2D eigenvalue weighted by Crippen LogP contribution is 2.06. The van der Waals surface area contributed by atoms with E-state index in [1.165, 1.54) is 18.6 Å². The molecule has 18 heavy (non-hydrogen) atoms. The van der Waals surface area contributed by atoms with Crippen LogP contribution in [0.4, 0.5) is 0 Å². The van der Waals surface area contributed by atoms with Crippen LogP contribution in [0, 0.1) is 0 Å². The number of ketones is 1. The SMILES string of the molecule is NC(CCC[C@H](N)C(=O)O)C(=O)c1cnccn1. The van der Waals surface area contributed by atoms with E-state index in [1.807, 2.05) is 0 Å². The molecule has 0 radical (unpaired) electrons. The van der Waals surface area contributed by atoms with Gasteiger partial charge in [0.1, 0.15) is 11.7 Å². The summed E-state index contributed by atoms with van der Waals surface area (Å²) in [5.74, 6) is -1.35. The first-order chi connectivity index (χ1) is 8.52. The first-order valence-electron chi connectivity index (χ1n) is 5.56. The van der Waals surface area contributed by atoms with Crippen LogP contribution in [0.25, 0.3) is 0 Å². The van der Waals surface area contributed by atoms with Gasteiger partial charge in [0.2, 0.25) is 0 Å². The van der Waals surface area contributed by atoms with Crippen LogP contribution in [0.5, 0.6) is 0 Å². The molecule has 1 rings (SSSR count). The molecule has 0 aliphatic rings. The van der Waals surface area contributed by atoms with Gasteiger partial charge in [-0.05, 0) is 19.3 Å². The zero-order valence-electron chi connectivity index (χ0n) is 9.82. The summed E-state index contributed by atoms with van der Waals surface area (Å²) in [6, 6.07) is -1.62. The van der Waals surface area contributed by atoms with E-state index in [-0.39, 0.29) is 17.9 Å². The molecular formula is C11H16N4O3. The predicted molar refractivity (Wildman–Crippen MR) is 63.8 cm³/mol. The maximum atomic E-state index is 11.8. The van der Waals surface area contributed by atoms with Gasteiger partial charge in [0.05, 0.1) is 12.2 Å². The normalized spacial score (nSPS) is 13.9. The number of hydrogen-bond acceptors (Lipinski definition) is 6. The first kappa shape index (κ1) is 14.2. The van der Waals surface area contributed by atoms with Crippen molar-refractivity contribution in [1.29, 1.82) is 0 Å². The number of aliphatic carboxylic acids is 1. The van der Waals surface area contributed by atoms with Crippen molar-refractivity contribution in [1.82, 2.24) is 9.97 Å². The molecule has 98 valence electrons. The average Bonchev–Trinajstić information content (AvgIpc) is 2.38. The molecule has 0 bridgehead atoms. The van der Waals surface area contributed by atoms with Crippen LogP contribution in [0.3, 0.4) is 0 Å². The third-order valence-electron chi connectivity index (χ3n) is 2.50. The van der Waals surface area contributed by atoms with Gasteiger partial charge in [0.15, 0.2) is 5.78 Å². The van der Waals surface area contributed by atoms with Gasteiger partial charge in [-0.15, -0.1) is 0 Å². The van der Waals surface area contributed by atoms with Gasteiger partial charge in [0.25, 0.3) is 0 Å². The zero-order valence-corrected chi connectivity index (χ0v) is 9.82. The van der Waals surface area contributed by atoms with Gasteiger partial charge >= 0.3 is 5.97 Å². The van der Waals surface area contributed by atoms with Gasteiger partial charge in [-0.2, -0.15) is 0 Å². The number of hydrogen-bond donors (Lipinski definition) is 3. The second-order valence-corrected chi connectivity index (χ2v) is 3.94. The smallest absolute Gasteiger partial charge is 0.320 e. The maximum absolute atomic E-state index is 11.8. The maximum Gasteiger partial charge on any atom is 0.320 e. The number of nitrogens with two attached hydrogens (primary N) is 2. The number of nitrogens with zero attached hydrogens (tertiary/aromatic N) is 2. The van der Waals surface area contributed by atoms with Crippen molar-refractivity contribution in [3.05, 3.63) is 24.3 Å². The van der Waals surface area contributed by atoms with Crippen molar-refractivity contribution < 1.29 is 14.7 Å². The molecule has 7 nitrogen and oxygen atoms in total.